The molecule has 3 rings (SSSR count). The molecule has 3 atom stereocenters. The Morgan fingerprint density at radius 2 is 1.44 bits per heavy atom. The third-order valence-electron chi connectivity index (χ3n) is 5.05. The summed E-state index contributed by atoms with van der Waals surface area (Å²) < 4.78 is 14.7. The maximum atomic E-state index is 12.6. The van der Waals surface area contributed by atoms with Crippen molar-refractivity contribution in [3.8, 4) is 0 Å². The summed E-state index contributed by atoms with van der Waals surface area (Å²) in [7, 11) is 2.56. The number of benzene rings is 2. The van der Waals surface area contributed by atoms with Crippen LogP contribution in [-0.2, 0) is 35.2 Å². The number of esters is 3. The van der Waals surface area contributed by atoms with Crippen molar-refractivity contribution in [3.05, 3.63) is 71.3 Å². The maximum absolute atomic E-state index is 12.6. The van der Waals surface area contributed by atoms with Crippen LogP contribution in [-0.4, -0.2) is 54.6 Å². The molecule has 0 radical (unpaired) electrons. The van der Waals surface area contributed by atoms with Gasteiger partial charge in [-0.1, -0.05) is 42.5 Å². The van der Waals surface area contributed by atoms with Gasteiger partial charge in [-0.25, -0.2) is 4.79 Å². The fourth-order valence-electron chi connectivity index (χ4n) is 3.17. The molecule has 1 aliphatic rings. The lowest BCUT2D eigenvalue weighted by Gasteiger charge is -2.14. The first-order valence-corrected chi connectivity index (χ1v) is 12.3. The molecule has 3 unspecified atom stereocenters. The zero-order valence-corrected chi connectivity index (χ0v) is 20.5. The van der Waals surface area contributed by atoms with Crippen LogP contribution in [0.25, 0.3) is 0 Å². The minimum absolute atomic E-state index is 0.129. The molecule has 0 aliphatic carbocycles. The summed E-state index contributed by atoms with van der Waals surface area (Å²) >= 11 is 2.61. The molecule has 0 aromatic heterocycles. The fourth-order valence-corrected chi connectivity index (χ4v) is 6.62. The molecular weight excluding hydrogens is 478 g/mol. The highest BCUT2D eigenvalue weighted by atomic mass is 32.2. The number of hydrogen-bond acceptors (Lipinski definition) is 9. The molecule has 1 amide bonds. The van der Waals surface area contributed by atoms with Gasteiger partial charge < -0.3 is 19.5 Å². The van der Waals surface area contributed by atoms with Crippen molar-refractivity contribution in [2.75, 3.05) is 14.2 Å². The van der Waals surface area contributed by atoms with Crippen molar-refractivity contribution in [1.29, 1.82) is 0 Å². The monoisotopic (exact) mass is 503 g/mol. The summed E-state index contributed by atoms with van der Waals surface area (Å²) in [5.74, 6) is -1.92. The molecular formula is C24H25NO7S2. The van der Waals surface area contributed by atoms with Gasteiger partial charge in [0.25, 0.3) is 5.91 Å². The smallest absolute Gasteiger partial charge is 0.328 e. The minimum Gasteiger partial charge on any atom is -0.468 e. The minimum atomic E-state index is -0.821. The quantitative estimate of drug-likeness (QED) is 0.429. The van der Waals surface area contributed by atoms with E-state index >= 15 is 0 Å². The summed E-state index contributed by atoms with van der Waals surface area (Å²) in [6, 6.07) is 15.2. The van der Waals surface area contributed by atoms with Gasteiger partial charge in [0.15, 0.2) is 0 Å². The van der Waals surface area contributed by atoms with E-state index in [0.717, 1.165) is 11.1 Å². The van der Waals surface area contributed by atoms with Crippen LogP contribution in [0.2, 0.25) is 0 Å². The van der Waals surface area contributed by atoms with Gasteiger partial charge in [-0.05, 0) is 30.2 Å². The Labute approximate surface area is 206 Å². The fraction of sp³-hybridized carbons (Fsp3) is 0.333. The molecule has 1 N–H and O–H groups in total. The number of methoxy groups -OCH3 is 2. The number of nitrogens with one attached hydrogen (secondary N) is 1. The van der Waals surface area contributed by atoms with Crippen molar-refractivity contribution < 1.29 is 33.4 Å². The standard InChI is InChI=1S/C24H25NO7S2/c1-14(21(27)32-13-15-7-5-4-6-8-15)25-20(26)16-9-11-17(12-10-16)24-33-18(22(28)30-2)19(34-24)23(29)31-3/h4-12,14,18-19,24H,13H2,1-3H3,(H,25,26). The van der Waals surface area contributed by atoms with E-state index in [1.54, 1.807) is 31.2 Å². The van der Waals surface area contributed by atoms with Gasteiger partial charge >= 0.3 is 17.9 Å². The van der Waals surface area contributed by atoms with Gasteiger partial charge in [0.2, 0.25) is 0 Å². The van der Waals surface area contributed by atoms with Crippen LogP contribution in [0.1, 0.15) is 33.0 Å². The number of rotatable bonds is 8. The Bertz CT molecular complexity index is 1010. The Hall–Kier alpha value is -2.98. The van der Waals surface area contributed by atoms with Crippen molar-refractivity contribution in [2.24, 2.45) is 0 Å². The molecule has 0 spiro atoms. The number of thioether (sulfide) groups is 2. The lowest BCUT2D eigenvalue weighted by Crippen LogP contribution is -2.39. The summed E-state index contributed by atoms with van der Waals surface area (Å²) in [5, 5.41) is 1.27. The number of ether oxygens (including phenoxy) is 3. The van der Waals surface area contributed by atoms with Crippen LogP contribution in [0.5, 0.6) is 0 Å². The van der Waals surface area contributed by atoms with Gasteiger partial charge in [0, 0.05) is 5.56 Å². The average molecular weight is 504 g/mol. The third-order valence-corrected chi connectivity index (χ3v) is 8.45. The second-order valence-electron chi connectivity index (χ2n) is 7.40. The first-order chi connectivity index (χ1) is 16.3. The summed E-state index contributed by atoms with van der Waals surface area (Å²) in [6.07, 6.45) is 0. The molecule has 1 saturated heterocycles. The van der Waals surface area contributed by atoms with Crippen LogP contribution in [0.15, 0.2) is 54.6 Å². The molecule has 180 valence electrons. The van der Waals surface area contributed by atoms with Crippen molar-refractivity contribution in [3.63, 3.8) is 0 Å². The zero-order valence-electron chi connectivity index (χ0n) is 18.9. The number of amides is 1. The van der Waals surface area contributed by atoms with Gasteiger partial charge in [0.1, 0.15) is 23.1 Å². The second-order valence-corrected chi connectivity index (χ2v) is 10.2. The van der Waals surface area contributed by atoms with Gasteiger partial charge in [0.05, 0.1) is 18.8 Å². The molecule has 0 saturated carbocycles. The highest BCUT2D eigenvalue weighted by Gasteiger charge is 2.46. The van der Waals surface area contributed by atoms with Crippen LogP contribution in [0, 0.1) is 0 Å². The normalized spacial score (nSPS) is 20.1. The predicted octanol–water partition coefficient (Wildman–Crippen LogP) is 3.11. The Balaban J connectivity index is 1.58. The van der Waals surface area contributed by atoms with E-state index in [0.29, 0.717) is 5.56 Å². The van der Waals surface area contributed by atoms with E-state index in [-0.39, 0.29) is 11.2 Å². The second kappa shape index (κ2) is 11.9. The summed E-state index contributed by atoms with van der Waals surface area (Å²) in [6.45, 7) is 1.69. The number of carbonyl (C=O) groups excluding carboxylic acids is 4. The van der Waals surface area contributed by atoms with Crippen molar-refractivity contribution in [1.82, 2.24) is 5.32 Å². The summed E-state index contributed by atoms with van der Waals surface area (Å²) in [4.78, 5) is 49.0. The topological polar surface area (TPSA) is 108 Å². The maximum Gasteiger partial charge on any atom is 0.328 e. The largest absolute Gasteiger partial charge is 0.468 e. The first kappa shape index (κ1) is 25.6. The van der Waals surface area contributed by atoms with Gasteiger partial charge in [-0.2, -0.15) is 0 Å². The Morgan fingerprint density at radius 1 is 0.882 bits per heavy atom. The predicted molar refractivity (Wildman–Crippen MR) is 129 cm³/mol. The van der Waals surface area contributed by atoms with Gasteiger partial charge in [-0.3, -0.25) is 14.4 Å². The Morgan fingerprint density at radius 3 is 1.97 bits per heavy atom. The highest BCUT2D eigenvalue weighted by molar-refractivity contribution is 8.21. The van der Waals surface area contributed by atoms with E-state index in [4.69, 9.17) is 14.2 Å². The van der Waals surface area contributed by atoms with Crippen LogP contribution in [0.4, 0.5) is 0 Å². The van der Waals surface area contributed by atoms with Crippen LogP contribution in [0.3, 0.4) is 0 Å². The SMILES string of the molecule is COC(=O)C1SC(c2ccc(C(=O)NC(C)C(=O)OCc3ccccc3)cc2)SC1C(=O)OC. The molecule has 0 bridgehead atoms. The highest BCUT2D eigenvalue weighted by Crippen LogP contribution is 2.54. The molecule has 2 aromatic rings. The lowest BCUT2D eigenvalue weighted by atomic mass is 10.1. The van der Waals surface area contributed by atoms with Crippen molar-refractivity contribution >= 4 is 47.3 Å². The number of hydrogen-bond donors (Lipinski definition) is 1. The molecule has 10 heteroatoms. The molecule has 1 fully saturated rings. The van der Waals surface area contributed by atoms with Crippen LogP contribution < -0.4 is 5.32 Å². The summed E-state index contributed by atoms with van der Waals surface area (Å²) in [5.41, 5.74) is 2.06. The van der Waals surface area contributed by atoms with E-state index in [1.807, 2.05) is 30.3 Å². The number of carbonyl (C=O) groups is 4. The van der Waals surface area contributed by atoms with Crippen LogP contribution >= 0.6 is 23.5 Å². The lowest BCUT2D eigenvalue weighted by molar-refractivity contribution is -0.146. The van der Waals surface area contributed by atoms with Gasteiger partial charge in [-0.15, -0.1) is 23.5 Å². The molecule has 34 heavy (non-hydrogen) atoms. The van der Waals surface area contributed by atoms with E-state index in [2.05, 4.69) is 5.32 Å². The van der Waals surface area contributed by atoms with E-state index in [9.17, 15) is 19.2 Å². The third kappa shape index (κ3) is 6.32. The van der Waals surface area contributed by atoms with E-state index in [1.165, 1.54) is 37.7 Å². The van der Waals surface area contributed by atoms with Crippen molar-refractivity contribution in [2.45, 2.75) is 34.7 Å². The van der Waals surface area contributed by atoms with E-state index < -0.39 is 40.4 Å². The average Bonchev–Trinajstić information content (AvgIpc) is 3.32. The molecule has 8 nitrogen and oxygen atoms in total. The first-order valence-electron chi connectivity index (χ1n) is 10.4. The zero-order chi connectivity index (χ0) is 24.7. The Kier molecular flexibility index (Phi) is 9.00. The molecule has 2 aromatic carbocycles. The molecule has 1 aliphatic heterocycles. The molecule has 1 heterocycles.